The number of aromatic nitrogens is 4. The van der Waals surface area contributed by atoms with E-state index in [4.69, 9.17) is 0 Å². The molecule has 7 heteroatoms. The quantitative estimate of drug-likeness (QED) is 0.908. The lowest BCUT2D eigenvalue weighted by Gasteiger charge is -2.07. The van der Waals surface area contributed by atoms with Gasteiger partial charge in [-0.2, -0.15) is 10.2 Å². The molecule has 2 heterocycles. The molecule has 0 aliphatic heterocycles. The van der Waals surface area contributed by atoms with E-state index in [0.717, 1.165) is 4.90 Å². The number of hydrogen-bond acceptors (Lipinski definition) is 5. The Kier molecular flexibility index (Phi) is 3.33. The van der Waals surface area contributed by atoms with Gasteiger partial charge >= 0.3 is 5.97 Å². The zero-order valence-corrected chi connectivity index (χ0v) is 11.0. The second kappa shape index (κ2) is 4.77. The van der Waals surface area contributed by atoms with Crippen molar-refractivity contribution in [3.8, 4) is 0 Å². The molecule has 0 aromatic carbocycles. The third kappa shape index (κ3) is 2.35. The molecule has 2 aromatic rings. The smallest absolute Gasteiger partial charge is 0.338 e. The van der Waals surface area contributed by atoms with E-state index in [1.54, 1.807) is 38.0 Å². The van der Waals surface area contributed by atoms with Crippen molar-refractivity contribution in [1.82, 2.24) is 20.0 Å². The van der Waals surface area contributed by atoms with Crippen LogP contribution in [0.25, 0.3) is 0 Å². The molecule has 0 fully saturated rings. The van der Waals surface area contributed by atoms with Crippen molar-refractivity contribution >= 4 is 17.7 Å². The van der Waals surface area contributed by atoms with Crippen LogP contribution < -0.4 is 0 Å². The summed E-state index contributed by atoms with van der Waals surface area (Å²) >= 11 is 1.25. The van der Waals surface area contributed by atoms with Gasteiger partial charge in [-0.1, -0.05) is 11.8 Å². The Bertz CT molecular complexity index is 609. The molecule has 0 unspecified atom stereocenters. The molecule has 0 aliphatic carbocycles. The molecule has 0 radical (unpaired) electrons. The SMILES string of the molecule is Cc1nnc(Sc2cnn(C)c2)c(C(=O)O)c1C. The Hall–Kier alpha value is -1.89. The van der Waals surface area contributed by atoms with Gasteiger partial charge in [0, 0.05) is 13.2 Å². The lowest BCUT2D eigenvalue weighted by atomic mass is 10.1. The topological polar surface area (TPSA) is 80.9 Å². The van der Waals surface area contributed by atoms with E-state index in [0.29, 0.717) is 16.3 Å². The molecule has 2 aromatic heterocycles. The minimum Gasteiger partial charge on any atom is -0.478 e. The Morgan fingerprint density at radius 2 is 2.11 bits per heavy atom. The first kappa shape index (κ1) is 12.6. The Morgan fingerprint density at radius 1 is 1.39 bits per heavy atom. The van der Waals surface area contributed by atoms with Gasteiger partial charge in [0.15, 0.2) is 0 Å². The van der Waals surface area contributed by atoms with E-state index < -0.39 is 5.97 Å². The fourth-order valence-corrected chi connectivity index (χ4v) is 2.43. The van der Waals surface area contributed by atoms with Gasteiger partial charge in [-0.05, 0) is 19.4 Å². The first-order valence-corrected chi connectivity index (χ1v) is 6.04. The standard InChI is InChI=1S/C11H12N4O2S/c1-6-7(2)13-14-10(9(6)11(16)17)18-8-4-12-15(3)5-8/h4-5H,1-3H3,(H,16,17). The van der Waals surface area contributed by atoms with Gasteiger partial charge in [0.2, 0.25) is 0 Å². The van der Waals surface area contributed by atoms with Crippen molar-refractivity contribution < 1.29 is 9.90 Å². The van der Waals surface area contributed by atoms with Crippen molar-refractivity contribution in [2.24, 2.45) is 7.05 Å². The first-order chi connectivity index (χ1) is 8.49. The summed E-state index contributed by atoms with van der Waals surface area (Å²) in [6.07, 6.45) is 3.46. The summed E-state index contributed by atoms with van der Waals surface area (Å²) in [5.74, 6) is -0.989. The van der Waals surface area contributed by atoms with Crippen LogP contribution >= 0.6 is 11.8 Å². The normalized spacial score (nSPS) is 10.6. The van der Waals surface area contributed by atoms with Crippen LogP contribution in [-0.2, 0) is 7.05 Å². The van der Waals surface area contributed by atoms with Crippen molar-refractivity contribution in [3.05, 3.63) is 29.2 Å². The summed E-state index contributed by atoms with van der Waals surface area (Å²) in [5.41, 5.74) is 1.48. The highest BCUT2D eigenvalue weighted by Gasteiger charge is 2.18. The highest BCUT2D eigenvalue weighted by molar-refractivity contribution is 7.99. The van der Waals surface area contributed by atoms with Crippen LogP contribution in [0.5, 0.6) is 0 Å². The summed E-state index contributed by atoms with van der Waals surface area (Å²) in [6.45, 7) is 3.48. The Morgan fingerprint density at radius 3 is 2.67 bits per heavy atom. The van der Waals surface area contributed by atoms with Crippen LogP contribution in [0.1, 0.15) is 21.6 Å². The molecule has 0 aliphatic rings. The third-order valence-corrected chi connectivity index (χ3v) is 3.46. The number of carboxylic acid groups (broad SMARTS) is 1. The fourth-order valence-electron chi connectivity index (χ4n) is 1.47. The van der Waals surface area contributed by atoms with Gasteiger partial charge in [-0.25, -0.2) is 4.79 Å². The van der Waals surface area contributed by atoms with E-state index in [-0.39, 0.29) is 5.56 Å². The maximum atomic E-state index is 11.3. The minimum absolute atomic E-state index is 0.205. The lowest BCUT2D eigenvalue weighted by Crippen LogP contribution is -2.07. The van der Waals surface area contributed by atoms with Gasteiger partial charge in [0.25, 0.3) is 0 Å². The largest absolute Gasteiger partial charge is 0.478 e. The monoisotopic (exact) mass is 264 g/mol. The Labute approximate surface area is 108 Å². The predicted octanol–water partition coefficient (Wildman–Crippen LogP) is 1.68. The average Bonchev–Trinajstić information content (AvgIpc) is 2.69. The molecule has 0 atom stereocenters. The lowest BCUT2D eigenvalue weighted by molar-refractivity contribution is 0.0690. The summed E-state index contributed by atoms with van der Waals surface area (Å²) in [6, 6.07) is 0. The molecule has 0 saturated carbocycles. The van der Waals surface area contributed by atoms with Crippen LogP contribution in [0, 0.1) is 13.8 Å². The number of carboxylic acids is 1. The van der Waals surface area contributed by atoms with E-state index in [1.807, 2.05) is 0 Å². The summed E-state index contributed by atoms with van der Waals surface area (Å²) < 4.78 is 1.65. The minimum atomic E-state index is -0.989. The number of aromatic carboxylic acids is 1. The van der Waals surface area contributed by atoms with Crippen molar-refractivity contribution in [2.75, 3.05) is 0 Å². The van der Waals surface area contributed by atoms with Crippen LogP contribution in [0.2, 0.25) is 0 Å². The predicted molar refractivity (Wildman–Crippen MR) is 65.8 cm³/mol. The van der Waals surface area contributed by atoms with Crippen molar-refractivity contribution in [3.63, 3.8) is 0 Å². The second-order valence-corrected chi connectivity index (χ2v) is 4.91. The molecule has 18 heavy (non-hydrogen) atoms. The third-order valence-electron chi connectivity index (χ3n) is 2.53. The highest BCUT2D eigenvalue weighted by Crippen LogP contribution is 2.29. The maximum absolute atomic E-state index is 11.3. The molecule has 2 rings (SSSR count). The van der Waals surface area contributed by atoms with Gasteiger partial charge in [-0.15, -0.1) is 5.10 Å². The highest BCUT2D eigenvalue weighted by atomic mass is 32.2. The molecule has 0 amide bonds. The molecule has 6 nitrogen and oxygen atoms in total. The van der Waals surface area contributed by atoms with E-state index >= 15 is 0 Å². The molecular weight excluding hydrogens is 252 g/mol. The van der Waals surface area contributed by atoms with E-state index in [9.17, 15) is 9.90 Å². The van der Waals surface area contributed by atoms with Gasteiger partial charge in [0.1, 0.15) is 5.03 Å². The van der Waals surface area contributed by atoms with Crippen LogP contribution in [0.3, 0.4) is 0 Å². The van der Waals surface area contributed by atoms with Crippen molar-refractivity contribution in [1.29, 1.82) is 0 Å². The molecular formula is C11H12N4O2S. The fraction of sp³-hybridized carbons (Fsp3) is 0.273. The van der Waals surface area contributed by atoms with Gasteiger partial charge < -0.3 is 5.11 Å². The van der Waals surface area contributed by atoms with E-state index in [1.165, 1.54) is 11.8 Å². The maximum Gasteiger partial charge on any atom is 0.338 e. The number of hydrogen-bond donors (Lipinski definition) is 1. The number of rotatable bonds is 3. The molecule has 0 saturated heterocycles. The van der Waals surface area contributed by atoms with Crippen molar-refractivity contribution in [2.45, 2.75) is 23.8 Å². The van der Waals surface area contributed by atoms with Gasteiger partial charge in [0.05, 0.1) is 22.3 Å². The van der Waals surface area contributed by atoms with Crippen LogP contribution in [0.15, 0.2) is 22.3 Å². The molecule has 0 bridgehead atoms. The van der Waals surface area contributed by atoms with Gasteiger partial charge in [-0.3, -0.25) is 4.68 Å². The number of carbonyl (C=O) groups is 1. The van der Waals surface area contributed by atoms with Crippen LogP contribution in [0.4, 0.5) is 0 Å². The van der Waals surface area contributed by atoms with E-state index in [2.05, 4.69) is 15.3 Å². The average molecular weight is 264 g/mol. The summed E-state index contributed by atoms with van der Waals surface area (Å²) in [7, 11) is 1.80. The zero-order chi connectivity index (χ0) is 13.3. The Balaban J connectivity index is 2.44. The molecule has 0 spiro atoms. The summed E-state index contributed by atoms with van der Waals surface area (Å²) in [4.78, 5) is 12.1. The molecule has 1 N–H and O–H groups in total. The molecule has 94 valence electrons. The summed E-state index contributed by atoms with van der Waals surface area (Å²) in [5, 5.41) is 21.6. The zero-order valence-electron chi connectivity index (χ0n) is 10.2. The number of nitrogens with zero attached hydrogens (tertiary/aromatic N) is 4. The number of aryl methyl sites for hydroxylation is 2. The first-order valence-electron chi connectivity index (χ1n) is 5.22. The second-order valence-electron chi connectivity index (χ2n) is 3.85. The van der Waals surface area contributed by atoms with Crippen LogP contribution in [-0.4, -0.2) is 31.1 Å².